The van der Waals surface area contributed by atoms with Crippen LogP contribution in [0.5, 0.6) is 5.75 Å². The normalized spacial score (nSPS) is 15.8. The maximum absolute atomic E-state index is 12.7. The molecule has 0 saturated heterocycles. The molecule has 3 aromatic heterocycles. The van der Waals surface area contributed by atoms with Crippen LogP contribution in [-0.4, -0.2) is 42.1 Å². The maximum Gasteiger partial charge on any atom is 0.226 e. The SMILES string of the molecule is Cc1nn(-c2ccc3nnc(C)n3n2)c2c1C(c1cccc(OCC(C)C)c1)CC(=O)N2. The third kappa shape index (κ3) is 3.49. The number of fused-ring (bicyclic) bond motifs is 2. The second-order valence-corrected chi connectivity index (χ2v) is 8.55. The van der Waals surface area contributed by atoms with Gasteiger partial charge < -0.3 is 10.1 Å². The highest BCUT2D eigenvalue weighted by Crippen LogP contribution is 2.40. The van der Waals surface area contributed by atoms with E-state index in [9.17, 15) is 4.79 Å². The molecular formula is C23H25N7O2. The second kappa shape index (κ2) is 7.74. The summed E-state index contributed by atoms with van der Waals surface area (Å²) in [7, 11) is 0. The van der Waals surface area contributed by atoms with Gasteiger partial charge in [-0.1, -0.05) is 26.0 Å². The average molecular weight is 432 g/mol. The Hall–Kier alpha value is -3.75. The monoisotopic (exact) mass is 431 g/mol. The van der Waals surface area contributed by atoms with Gasteiger partial charge in [-0.3, -0.25) is 4.79 Å². The Morgan fingerprint density at radius 2 is 2.00 bits per heavy atom. The average Bonchev–Trinajstić information content (AvgIpc) is 3.31. The van der Waals surface area contributed by atoms with Crippen LogP contribution in [0.2, 0.25) is 0 Å². The number of aromatic nitrogens is 6. The van der Waals surface area contributed by atoms with E-state index in [2.05, 4.69) is 34.5 Å². The molecule has 1 amide bonds. The number of anilines is 1. The van der Waals surface area contributed by atoms with Crippen LogP contribution in [0.4, 0.5) is 5.82 Å². The summed E-state index contributed by atoms with van der Waals surface area (Å²) in [5.74, 6) is 2.98. The Kier molecular flexibility index (Phi) is 4.88. The van der Waals surface area contributed by atoms with Crippen LogP contribution in [0.15, 0.2) is 36.4 Å². The van der Waals surface area contributed by atoms with Gasteiger partial charge in [0.2, 0.25) is 5.91 Å². The molecular weight excluding hydrogens is 406 g/mol. The van der Waals surface area contributed by atoms with Crippen molar-refractivity contribution >= 4 is 17.4 Å². The molecule has 1 N–H and O–H groups in total. The highest BCUT2D eigenvalue weighted by molar-refractivity contribution is 5.95. The molecule has 4 heterocycles. The maximum atomic E-state index is 12.7. The first kappa shape index (κ1) is 20.2. The van der Waals surface area contributed by atoms with E-state index in [0.717, 1.165) is 22.6 Å². The van der Waals surface area contributed by atoms with Gasteiger partial charge >= 0.3 is 0 Å². The van der Waals surface area contributed by atoms with E-state index in [-0.39, 0.29) is 11.8 Å². The first-order valence-electron chi connectivity index (χ1n) is 10.7. The Balaban J connectivity index is 1.58. The number of hydrogen-bond donors (Lipinski definition) is 1. The number of ether oxygens (including phenoxy) is 1. The number of hydrogen-bond acceptors (Lipinski definition) is 6. The standard InChI is InChI=1S/C23H25N7O2/c1-13(2)12-32-17-7-5-6-16(10-17)18-11-21(31)24-23-22(18)14(3)27-30(23)20-9-8-19-26-25-15(4)29(19)28-20/h5-10,13,18H,11-12H2,1-4H3,(H,24,31). The minimum atomic E-state index is -0.115. The third-order valence-corrected chi connectivity index (χ3v) is 5.57. The van der Waals surface area contributed by atoms with Crippen molar-refractivity contribution in [1.29, 1.82) is 0 Å². The van der Waals surface area contributed by atoms with Gasteiger partial charge in [0.1, 0.15) is 11.6 Å². The fourth-order valence-corrected chi connectivity index (χ4v) is 4.08. The van der Waals surface area contributed by atoms with Crippen LogP contribution in [0, 0.1) is 19.8 Å². The van der Waals surface area contributed by atoms with Crippen molar-refractivity contribution in [3.63, 3.8) is 0 Å². The van der Waals surface area contributed by atoms with Gasteiger partial charge in [0.25, 0.3) is 0 Å². The summed E-state index contributed by atoms with van der Waals surface area (Å²) in [6.45, 7) is 8.68. The second-order valence-electron chi connectivity index (χ2n) is 8.55. The highest BCUT2D eigenvalue weighted by Gasteiger charge is 2.33. The lowest BCUT2D eigenvalue weighted by Gasteiger charge is -2.24. The Bertz CT molecular complexity index is 1320. The number of nitrogens with zero attached hydrogens (tertiary/aromatic N) is 6. The minimum Gasteiger partial charge on any atom is -0.493 e. The van der Waals surface area contributed by atoms with Crippen molar-refractivity contribution in [3.05, 3.63) is 59.0 Å². The number of carbonyl (C=O) groups is 1. The Morgan fingerprint density at radius 1 is 1.16 bits per heavy atom. The molecule has 1 aliphatic rings. The molecule has 0 spiro atoms. The van der Waals surface area contributed by atoms with E-state index in [1.165, 1.54) is 0 Å². The lowest BCUT2D eigenvalue weighted by Crippen LogP contribution is -2.25. The van der Waals surface area contributed by atoms with Crippen molar-refractivity contribution < 1.29 is 9.53 Å². The van der Waals surface area contributed by atoms with Gasteiger partial charge in [0.05, 0.1) is 12.3 Å². The van der Waals surface area contributed by atoms with E-state index >= 15 is 0 Å². The van der Waals surface area contributed by atoms with Crippen LogP contribution in [0.1, 0.15) is 48.8 Å². The van der Waals surface area contributed by atoms with Crippen LogP contribution in [-0.2, 0) is 4.79 Å². The number of amides is 1. The van der Waals surface area contributed by atoms with E-state index in [1.54, 1.807) is 9.20 Å². The summed E-state index contributed by atoms with van der Waals surface area (Å²) in [5, 5.41) is 20.5. The molecule has 1 unspecified atom stereocenters. The Morgan fingerprint density at radius 3 is 2.81 bits per heavy atom. The van der Waals surface area contributed by atoms with E-state index in [1.807, 2.05) is 50.2 Å². The molecule has 1 aromatic carbocycles. The summed E-state index contributed by atoms with van der Waals surface area (Å²) in [6.07, 6.45) is 0.351. The van der Waals surface area contributed by atoms with Crippen molar-refractivity contribution in [2.24, 2.45) is 5.92 Å². The van der Waals surface area contributed by atoms with Gasteiger partial charge in [-0.15, -0.1) is 15.3 Å². The van der Waals surface area contributed by atoms with Crippen LogP contribution in [0.3, 0.4) is 0 Å². The molecule has 32 heavy (non-hydrogen) atoms. The van der Waals surface area contributed by atoms with Crippen molar-refractivity contribution in [2.75, 3.05) is 11.9 Å². The molecule has 0 fully saturated rings. The molecule has 1 atom stereocenters. The van der Waals surface area contributed by atoms with Crippen molar-refractivity contribution in [3.8, 4) is 11.6 Å². The van der Waals surface area contributed by atoms with Crippen LogP contribution < -0.4 is 10.1 Å². The number of carbonyl (C=O) groups excluding carboxylic acids is 1. The van der Waals surface area contributed by atoms with Gasteiger partial charge in [-0.25, -0.2) is 0 Å². The zero-order chi connectivity index (χ0) is 22.4. The van der Waals surface area contributed by atoms with Gasteiger partial charge in [-0.05, 0) is 49.6 Å². The molecule has 5 rings (SSSR count). The van der Waals surface area contributed by atoms with Gasteiger partial charge in [0.15, 0.2) is 17.3 Å². The number of nitrogens with one attached hydrogen (secondary N) is 1. The summed E-state index contributed by atoms with van der Waals surface area (Å²) in [5.41, 5.74) is 3.53. The van der Waals surface area contributed by atoms with Crippen LogP contribution in [0.25, 0.3) is 11.5 Å². The van der Waals surface area contributed by atoms with E-state index in [4.69, 9.17) is 9.84 Å². The predicted octanol–water partition coefficient (Wildman–Crippen LogP) is 3.44. The van der Waals surface area contributed by atoms with Crippen LogP contribution >= 0.6 is 0 Å². The Labute approximate surface area is 185 Å². The first-order valence-corrected chi connectivity index (χ1v) is 10.7. The number of rotatable bonds is 5. The lowest BCUT2D eigenvalue weighted by molar-refractivity contribution is -0.116. The number of aryl methyl sites for hydroxylation is 2. The summed E-state index contributed by atoms with van der Waals surface area (Å²) in [6, 6.07) is 11.7. The fraction of sp³-hybridized carbons (Fsp3) is 0.348. The molecule has 9 nitrogen and oxygen atoms in total. The molecule has 4 aromatic rings. The fourth-order valence-electron chi connectivity index (χ4n) is 4.08. The summed E-state index contributed by atoms with van der Waals surface area (Å²) >= 11 is 0. The number of benzene rings is 1. The molecule has 0 bridgehead atoms. The molecule has 164 valence electrons. The summed E-state index contributed by atoms with van der Waals surface area (Å²) < 4.78 is 9.27. The highest BCUT2D eigenvalue weighted by atomic mass is 16.5. The van der Waals surface area contributed by atoms with E-state index in [0.29, 0.717) is 42.1 Å². The van der Waals surface area contributed by atoms with Crippen molar-refractivity contribution in [1.82, 2.24) is 29.6 Å². The quantitative estimate of drug-likeness (QED) is 0.520. The molecule has 0 aliphatic carbocycles. The molecule has 0 saturated carbocycles. The zero-order valence-corrected chi connectivity index (χ0v) is 18.5. The van der Waals surface area contributed by atoms with Gasteiger partial charge in [-0.2, -0.15) is 14.3 Å². The third-order valence-electron chi connectivity index (χ3n) is 5.57. The predicted molar refractivity (Wildman–Crippen MR) is 119 cm³/mol. The molecule has 9 heteroatoms. The zero-order valence-electron chi connectivity index (χ0n) is 18.5. The van der Waals surface area contributed by atoms with Gasteiger partial charge in [0, 0.05) is 17.9 Å². The summed E-state index contributed by atoms with van der Waals surface area (Å²) in [4.78, 5) is 12.7. The topological polar surface area (TPSA) is 99.2 Å². The minimum absolute atomic E-state index is 0.0568. The molecule has 0 radical (unpaired) electrons. The van der Waals surface area contributed by atoms with Crippen molar-refractivity contribution in [2.45, 2.75) is 40.0 Å². The first-order chi connectivity index (χ1) is 15.4. The smallest absolute Gasteiger partial charge is 0.226 e. The largest absolute Gasteiger partial charge is 0.493 e. The van der Waals surface area contributed by atoms with E-state index < -0.39 is 0 Å². The lowest BCUT2D eigenvalue weighted by atomic mass is 9.86. The molecule has 1 aliphatic heterocycles.